The van der Waals surface area contributed by atoms with Crippen molar-refractivity contribution >= 4 is 8.80 Å². The van der Waals surface area contributed by atoms with Crippen LogP contribution in [0.25, 0.3) is 0 Å². The third-order valence-electron chi connectivity index (χ3n) is 3.94. The van der Waals surface area contributed by atoms with Gasteiger partial charge in [-0.2, -0.15) is 0 Å². The van der Waals surface area contributed by atoms with Crippen LogP contribution in [0.4, 0.5) is 0 Å². The topological polar surface area (TPSA) is 40.2 Å². The Hall–Kier alpha value is 0.0169. The molecule has 1 rings (SSSR count). The van der Waals surface area contributed by atoms with Crippen LogP contribution in [-0.2, 0) is 18.0 Å². The van der Waals surface area contributed by atoms with Crippen LogP contribution in [0.5, 0.6) is 0 Å². The van der Waals surface area contributed by atoms with Crippen LogP contribution in [0.2, 0.25) is 6.04 Å². The molecule has 0 saturated carbocycles. The third kappa shape index (κ3) is 9.17. The van der Waals surface area contributed by atoms with Gasteiger partial charge >= 0.3 is 8.80 Å². The highest BCUT2D eigenvalue weighted by atomic mass is 28.4. The van der Waals surface area contributed by atoms with E-state index in [1.165, 1.54) is 32.4 Å². The highest BCUT2D eigenvalue weighted by Crippen LogP contribution is 2.18. The highest BCUT2D eigenvalue weighted by molar-refractivity contribution is 6.60. The number of piperidine rings is 1. The molecular formula is C17H36NO4Si. The number of rotatable bonds is 14. The average molecular weight is 347 g/mol. The first-order valence-electron chi connectivity index (χ1n) is 9.30. The van der Waals surface area contributed by atoms with Crippen molar-refractivity contribution in [3.8, 4) is 0 Å². The van der Waals surface area contributed by atoms with E-state index in [0.29, 0.717) is 19.8 Å². The van der Waals surface area contributed by atoms with Gasteiger partial charge in [-0.25, -0.2) is 0 Å². The number of likely N-dealkylation sites (tertiary alicyclic amines) is 1. The quantitative estimate of drug-likeness (QED) is 0.357. The Morgan fingerprint density at radius 3 is 2.09 bits per heavy atom. The zero-order chi connectivity index (χ0) is 16.8. The van der Waals surface area contributed by atoms with E-state index in [9.17, 15) is 0 Å². The zero-order valence-electron chi connectivity index (χ0n) is 15.3. The molecule has 0 spiro atoms. The minimum Gasteiger partial charge on any atom is -0.381 e. The number of ether oxygens (including phenoxy) is 1. The summed E-state index contributed by atoms with van der Waals surface area (Å²) in [4.78, 5) is 2.50. The lowest BCUT2D eigenvalue weighted by atomic mass is 10.1. The van der Waals surface area contributed by atoms with Gasteiger partial charge in [0.05, 0.1) is 6.61 Å². The maximum atomic E-state index is 5.84. The molecule has 6 heteroatoms. The second kappa shape index (κ2) is 13.3. The van der Waals surface area contributed by atoms with Crippen LogP contribution >= 0.6 is 0 Å². The fourth-order valence-electron chi connectivity index (χ4n) is 2.94. The SMILES string of the molecule is CCO[Si](CCCOC[CH]CN1CCCCC1)(OCC)OCC. The molecule has 1 aliphatic rings. The van der Waals surface area contributed by atoms with Gasteiger partial charge < -0.3 is 22.9 Å². The molecule has 0 unspecified atom stereocenters. The van der Waals surface area contributed by atoms with Gasteiger partial charge in [-0.15, -0.1) is 0 Å². The van der Waals surface area contributed by atoms with Gasteiger partial charge in [0.25, 0.3) is 0 Å². The van der Waals surface area contributed by atoms with Gasteiger partial charge in [-0.05, 0) is 53.1 Å². The Morgan fingerprint density at radius 2 is 1.52 bits per heavy atom. The molecular weight excluding hydrogens is 310 g/mol. The van der Waals surface area contributed by atoms with E-state index < -0.39 is 8.80 Å². The molecule has 1 heterocycles. The Balaban J connectivity index is 2.10. The first-order valence-corrected chi connectivity index (χ1v) is 11.2. The lowest BCUT2D eigenvalue weighted by Gasteiger charge is -2.28. The Bertz CT molecular complexity index is 258. The second-order valence-electron chi connectivity index (χ2n) is 5.81. The van der Waals surface area contributed by atoms with Crippen LogP contribution in [0, 0.1) is 6.42 Å². The predicted molar refractivity (Wildman–Crippen MR) is 95.5 cm³/mol. The number of nitrogens with zero attached hydrogens (tertiary/aromatic N) is 1. The highest BCUT2D eigenvalue weighted by Gasteiger charge is 2.39. The molecule has 5 nitrogen and oxygen atoms in total. The summed E-state index contributed by atoms with van der Waals surface area (Å²) in [5.74, 6) is 0. The van der Waals surface area contributed by atoms with Gasteiger partial charge in [0.1, 0.15) is 0 Å². The van der Waals surface area contributed by atoms with Crippen molar-refractivity contribution < 1.29 is 18.0 Å². The van der Waals surface area contributed by atoms with Crippen LogP contribution < -0.4 is 0 Å². The maximum Gasteiger partial charge on any atom is 0.501 e. The van der Waals surface area contributed by atoms with Crippen molar-refractivity contribution in [1.82, 2.24) is 4.90 Å². The molecule has 0 aromatic rings. The van der Waals surface area contributed by atoms with Crippen LogP contribution in [0.15, 0.2) is 0 Å². The summed E-state index contributed by atoms with van der Waals surface area (Å²) < 4.78 is 23.3. The van der Waals surface area contributed by atoms with E-state index in [0.717, 1.165) is 32.2 Å². The molecule has 0 aromatic heterocycles. The van der Waals surface area contributed by atoms with Crippen LogP contribution in [-0.4, -0.2) is 66.4 Å². The van der Waals surface area contributed by atoms with E-state index >= 15 is 0 Å². The van der Waals surface area contributed by atoms with Crippen LogP contribution in [0.3, 0.4) is 0 Å². The van der Waals surface area contributed by atoms with Crippen molar-refractivity contribution in [1.29, 1.82) is 0 Å². The largest absolute Gasteiger partial charge is 0.501 e. The van der Waals surface area contributed by atoms with E-state index in [1.54, 1.807) is 0 Å². The summed E-state index contributed by atoms with van der Waals surface area (Å²) in [6.45, 7) is 12.9. The van der Waals surface area contributed by atoms with Gasteiger partial charge in [0, 0.05) is 45.4 Å². The Kier molecular flexibility index (Phi) is 12.2. The van der Waals surface area contributed by atoms with Crippen molar-refractivity contribution in [3.05, 3.63) is 6.42 Å². The average Bonchev–Trinajstić information content (AvgIpc) is 2.56. The zero-order valence-corrected chi connectivity index (χ0v) is 16.3. The van der Waals surface area contributed by atoms with Gasteiger partial charge in [-0.1, -0.05) is 6.42 Å². The maximum absolute atomic E-state index is 5.84. The van der Waals surface area contributed by atoms with Gasteiger partial charge in [0.2, 0.25) is 0 Å². The monoisotopic (exact) mass is 346 g/mol. The first kappa shape index (κ1) is 21.1. The molecule has 0 amide bonds. The molecule has 0 N–H and O–H groups in total. The Morgan fingerprint density at radius 1 is 0.913 bits per heavy atom. The van der Waals surface area contributed by atoms with Crippen molar-refractivity contribution in [3.63, 3.8) is 0 Å². The smallest absolute Gasteiger partial charge is 0.381 e. The molecule has 0 atom stereocenters. The molecule has 1 radical (unpaired) electrons. The first-order chi connectivity index (χ1) is 11.3. The fraction of sp³-hybridized carbons (Fsp3) is 0.941. The number of hydrogen-bond donors (Lipinski definition) is 0. The van der Waals surface area contributed by atoms with E-state index in [1.807, 2.05) is 20.8 Å². The van der Waals surface area contributed by atoms with E-state index in [-0.39, 0.29) is 0 Å². The second-order valence-corrected chi connectivity index (χ2v) is 8.54. The summed E-state index contributed by atoms with van der Waals surface area (Å²) in [5.41, 5.74) is 0. The molecule has 0 bridgehead atoms. The van der Waals surface area contributed by atoms with Crippen molar-refractivity contribution in [2.45, 2.75) is 52.5 Å². The number of hydrogen-bond acceptors (Lipinski definition) is 5. The molecule has 0 aromatic carbocycles. The summed E-state index contributed by atoms with van der Waals surface area (Å²) in [7, 11) is -2.49. The van der Waals surface area contributed by atoms with Gasteiger partial charge in [-0.3, -0.25) is 0 Å². The van der Waals surface area contributed by atoms with Crippen LogP contribution in [0.1, 0.15) is 46.5 Å². The molecule has 1 fully saturated rings. The summed E-state index contributed by atoms with van der Waals surface area (Å²) in [6.07, 6.45) is 7.23. The van der Waals surface area contributed by atoms with E-state index in [2.05, 4.69) is 11.3 Å². The van der Waals surface area contributed by atoms with E-state index in [4.69, 9.17) is 18.0 Å². The summed E-state index contributed by atoms with van der Waals surface area (Å²) in [6, 6.07) is 0.828. The molecule has 23 heavy (non-hydrogen) atoms. The molecule has 0 aliphatic carbocycles. The van der Waals surface area contributed by atoms with Crippen molar-refractivity contribution in [2.75, 3.05) is 52.7 Å². The predicted octanol–water partition coefficient (Wildman–Crippen LogP) is 3.13. The fourth-order valence-corrected chi connectivity index (χ4v) is 5.52. The normalized spacial score (nSPS) is 16.8. The minimum absolute atomic E-state index is 0.636. The van der Waals surface area contributed by atoms with Gasteiger partial charge in [0.15, 0.2) is 0 Å². The molecule has 137 valence electrons. The third-order valence-corrected chi connectivity index (χ3v) is 7.09. The lowest BCUT2D eigenvalue weighted by Crippen LogP contribution is -2.46. The van der Waals surface area contributed by atoms with Crippen molar-refractivity contribution in [2.24, 2.45) is 0 Å². The minimum atomic E-state index is -2.49. The lowest BCUT2D eigenvalue weighted by molar-refractivity contribution is 0.0667. The molecule has 1 aliphatic heterocycles. The summed E-state index contributed by atoms with van der Waals surface area (Å²) >= 11 is 0. The molecule has 1 saturated heterocycles. The Labute approximate surface area is 144 Å². The standard InChI is InChI=1S/C17H36NO4Si/c1-4-20-23(21-5-2,22-6-3)17-11-16-19-15-10-14-18-12-8-7-9-13-18/h10H,4-9,11-17H2,1-3H3. The summed E-state index contributed by atoms with van der Waals surface area (Å²) in [5, 5.41) is 0.